The van der Waals surface area contributed by atoms with Crippen LogP contribution in [0, 0.1) is 0 Å². The topological polar surface area (TPSA) is 55.2 Å². The summed E-state index contributed by atoms with van der Waals surface area (Å²) in [6, 6.07) is 1.31. The maximum atomic E-state index is 5.49. The average Bonchev–Trinajstić information content (AvgIpc) is 3.20. The molecule has 1 aromatic heterocycles. The fraction of sp³-hybridized carbons (Fsp3) is 0.857. The monoisotopic (exact) mass is 279 g/mol. The number of hydrogen-bond donors (Lipinski definition) is 1. The van der Waals surface area contributed by atoms with Gasteiger partial charge in [-0.15, -0.1) is 0 Å². The molecule has 0 radical (unpaired) electrons. The number of methoxy groups -OCH3 is 1. The second kappa shape index (κ2) is 6.65. The Kier molecular flexibility index (Phi) is 4.65. The van der Waals surface area contributed by atoms with E-state index in [2.05, 4.69) is 20.3 Å². The van der Waals surface area contributed by atoms with Crippen LogP contribution in [0.25, 0.3) is 0 Å². The third kappa shape index (κ3) is 3.19. The van der Waals surface area contributed by atoms with E-state index < -0.39 is 0 Å². The molecular weight excluding hydrogens is 254 g/mol. The van der Waals surface area contributed by atoms with E-state index in [1.165, 1.54) is 32.2 Å². The Morgan fingerprint density at radius 2 is 2.30 bits per heavy atom. The molecule has 20 heavy (non-hydrogen) atoms. The molecule has 6 heteroatoms. The van der Waals surface area contributed by atoms with Crippen LogP contribution in [-0.2, 0) is 11.3 Å². The molecule has 0 bridgehead atoms. The summed E-state index contributed by atoms with van der Waals surface area (Å²) in [5.41, 5.74) is 0. The second-order valence-electron chi connectivity index (χ2n) is 5.86. The molecule has 1 N–H and O–H groups in total. The first-order valence-corrected chi connectivity index (χ1v) is 7.69. The van der Waals surface area contributed by atoms with Crippen LogP contribution in [-0.4, -0.2) is 64.6 Å². The molecule has 2 aliphatic rings. The summed E-state index contributed by atoms with van der Waals surface area (Å²) in [6.45, 7) is 4.14. The first-order valence-electron chi connectivity index (χ1n) is 7.69. The van der Waals surface area contributed by atoms with Crippen molar-refractivity contribution in [1.82, 2.24) is 25.0 Å². The Morgan fingerprint density at radius 3 is 3.05 bits per heavy atom. The molecule has 0 spiro atoms. The summed E-state index contributed by atoms with van der Waals surface area (Å²) in [5, 5.41) is 7.85. The minimum atomic E-state index is 0.436. The number of ether oxygens (including phenoxy) is 1. The zero-order valence-corrected chi connectivity index (χ0v) is 12.2. The zero-order chi connectivity index (χ0) is 13.8. The second-order valence-corrected chi connectivity index (χ2v) is 5.86. The number of likely N-dealkylation sites (tertiary alicyclic amines) is 1. The Balaban J connectivity index is 1.46. The largest absolute Gasteiger partial charge is 0.380 e. The lowest BCUT2D eigenvalue weighted by Crippen LogP contribution is -2.47. The van der Waals surface area contributed by atoms with E-state index >= 15 is 0 Å². The highest BCUT2D eigenvalue weighted by atomic mass is 16.5. The van der Waals surface area contributed by atoms with E-state index in [4.69, 9.17) is 4.74 Å². The molecule has 1 unspecified atom stereocenters. The predicted molar refractivity (Wildman–Crippen MR) is 76.4 cm³/mol. The van der Waals surface area contributed by atoms with Crippen molar-refractivity contribution in [2.75, 3.05) is 26.7 Å². The van der Waals surface area contributed by atoms with Crippen molar-refractivity contribution in [2.24, 2.45) is 0 Å². The van der Waals surface area contributed by atoms with Gasteiger partial charge in [-0.3, -0.25) is 9.58 Å². The molecule has 1 saturated carbocycles. The highest BCUT2D eigenvalue weighted by Gasteiger charge is 2.35. The molecule has 2 heterocycles. The fourth-order valence-corrected chi connectivity index (χ4v) is 3.58. The third-order valence-corrected chi connectivity index (χ3v) is 4.67. The van der Waals surface area contributed by atoms with E-state index in [1.54, 1.807) is 12.7 Å². The summed E-state index contributed by atoms with van der Waals surface area (Å²) < 4.78 is 7.37. The van der Waals surface area contributed by atoms with Crippen molar-refractivity contribution in [1.29, 1.82) is 0 Å². The highest BCUT2D eigenvalue weighted by molar-refractivity contribution is 4.93. The maximum absolute atomic E-state index is 5.49. The minimum absolute atomic E-state index is 0.436. The van der Waals surface area contributed by atoms with Gasteiger partial charge in [0.25, 0.3) is 0 Å². The Bertz CT molecular complexity index is 396. The lowest BCUT2D eigenvalue weighted by Gasteiger charge is -2.30. The van der Waals surface area contributed by atoms with Gasteiger partial charge in [0.1, 0.15) is 12.7 Å². The number of nitrogens with zero attached hydrogens (tertiary/aromatic N) is 4. The van der Waals surface area contributed by atoms with Gasteiger partial charge in [-0.1, -0.05) is 6.42 Å². The van der Waals surface area contributed by atoms with Gasteiger partial charge in [-0.25, -0.2) is 4.98 Å². The summed E-state index contributed by atoms with van der Waals surface area (Å²) in [6.07, 6.45) is 8.92. The Hall–Kier alpha value is -0.980. The van der Waals surface area contributed by atoms with Crippen LogP contribution in [0.1, 0.15) is 25.7 Å². The van der Waals surface area contributed by atoms with Crippen LogP contribution in [0.3, 0.4) is 0 Å². The van der Waals surface area contributed by atoms with Crippen LogP contribution in [0.4, 0.5) is 0 Å². The summed E-state index contributed by atoms with van der Waals surface area (Å²) in [4.78, 5) is 6.59. The van der Waals surface area contributed by atoms with Gasteiger partial charge in [-0.2, -0.15) is 5.10 Å². The normalized spacial score (nSPS) is 31.1. The summed E-state index contributed by atoms with van der Waals surface area (Å²) in [5.74, 6) is 0. The summed E-state index contributed by atoms with van der Waals surface area (Å²) >= 11 is 0. The van der Waals surface area contributed by atoms with E-state index in [1.807, 2.05) is 11.8 Å². The van der Waals surface area contributed by atoms with Gasteiger partial charge < -0.3 is 10.1 Å². The molecule has 112 valence electrons. The van der Waals surface area contributed by atoms with E-state index in [-0.39, 0.29) is 0 Å². The standard InChI is InChI=1S/C14H25N5O/c1-20-12-5-7-18(9-12)14-4-2-3-13(14)16-6-8-19-11-15-10-17-19/h10-14,16H,2-9H2,1H3/t12?,13-,14+/m1/s1. The van der Waals surface area contributed by atoms with Crippen molar-refractivity contribution >= 4 is 0 Å². The van der Waals surface area contributed by atoms with Gasteiger partial charge in [0.2, 0.25) is 0 Å². The molecule has 2 fully saturated rings. The number of nitrogens with one attached hydrogen (secondary N) is 1. The van der Waals surface area contributed by atoms with E-state index in [0.717, 1.165) is 19.6 Å². The maximum Gasteiger partial charge on any atom is 0.137 e. The van der Waals surface area contributed by atoms with Crippen molar-refractivity contribution in [2.45, 2.75) is 50.4 Å². The third-order valence-electron chi connectivity index (χ3n) is 4.67. The van der Waals surface area contributed by atoms with E-state index in [0.29, 0.717) is 18.2 Å². The molecule has 3 rings (SSSR count). The lowest BCUT2D eigenvalue weighted by molar-refractivity contribution is 0.0980. The van der Waals surface area contributed by atoms with Crippen molar-refractivity contribution < 1.29 is 4.74 Å². The average molecular weight is 279 g/mol. The molecule has 1 saturated heterocycles. The molecule has 1 aromatic rings. The van der Waals surface area contributed by atoms with Crippen molar-refractivity contribution in [3.05, 3.63) is 12.7 Å². The molecule has 1 aliphatic carbocycles. The molecule has 6 nitrogen and oxygen atoms in total. The molecule has 1 aliphatic heterocycles. The van der Waals surface area contributed by atoms with Crippen LogP contribution in [0.5, 0.6) is 0 Å². The molecule has 0 amide bonds. The van der Waals surface area contributed by atoms with Crippen molar-refractivity contribution in [3.8, 4) is 0 Å². The number of rotatable bonds is 6. The van der Waals surface area contributed by atoms with Gasteiger partial charge in [0.15, 0.2) is 0 Å². The first kappa shape index (κ1) is 14.0. The number of aromatic nitrogens is 3. The fourth-order valence-electron chi connectivity index (χ4n) is 3.58. The van der Waals surface area contributed by atoms with Crippen LogP contribution in [0.2, 0.25) is 0 Å². The summed E-state index contributed by atoms with van der Waals surface area (Å²) in [7, 11) is 1.83. The van der Waals surface area contributed by atoms with Crippen LogP contribution in [0.15, 0.2) is 12.7 Å². The molecule has 3 atom stereocenters. The van der Waals surface area contributed by atoms with Gasteiger partial charge >= 0.3 is 0 Å². The molecule has 0 aromatic carbocycles. The predicted octanol–water partition coefficient (Wildman–Crippen LogP) is 0.510. The quantitative estimate of drug-likeness (QED) is 0.822. The Morgan fingerprint density at radius 1 is 1.35 bits per heavy atom. The smallest absolute Gasteiger partial charge is 0.137 e. The van der Waals surface area contributed by atoms with Crippen LogP contribution >= 0.6 is 0 Å². The lowest BCUT2D eigenvalue weighted by atomic mass is 10.1. The van der Waals surface area contributed by atoms with Gasteiger partial charge in [-0.05, 0) is 19.3 Å². The zero-order valence-electron chi connectivity index (χ0n) is 12.2. The SMILES string of the molecule is COC1CCN([C@H]2CCC[C@H]2NCCn2cncn2)C1. The van der Waals surface area contributed by atoms with Crippen molar-refractivity contribution in [3.63, 3.8) is 0 Å². The van der Waals surface area contributed by atoms with Crippen LogP contribution < -0.4 is 5.32 Å². The minimum Gasteiger partial charge on any atom is -0.380 e. The van der Waals surface area contributed by atoms with Gasteiger partial charge in [0.05, 0.1) is 12.6 Å². The first-order chi connectivity index (χ1) is 9.86. The Labute approximate surface area is 120 Å². The van der Waals surface area contributed by atoms with Gasteiger partial charge in [0, 0.05) is 38.8 Å². The highest BCUT2D eigenvalue weighted by Crippen LogP contribution is 2.27. The van der Waals surface area contributed by atoms with E-state index in [9.17, 15) is 0 Å². The molecular formula is C14H25N5O. The number of hydrogen-bond acceptors (Lipinski definition) is 5.